The van der Waals surface area contributed by atoms with E-state index >= 15 is 0 Å². The Hall–Kier alpha value is -3.29. The second kappa shape index (κ2) is 7.14. The highest BCUT2D eigenvalue weighted by Crippen LogP contribution is 2.18. The molecule has 1 N–H and O–H groups in total. The third-order valence-electron chi connectivity index (χ3n) is 4.64. The summed E-state index contributed by atoms with van der Waals surface area (Å²) in [5.74, 6) is 0.426. The first-order valence-corrected chi connectivity index (χ1v) is 8.89. The minimum atomic E-state index is -0.722. The van der Waals surface area contributed by atoms with Crippen molar-refractivity contribution in [3.63, 3.8) is 0 Å². The highest BCUT2D eigenvalue weighted by Gasteiger charge is 2.21. The summed E-state index contributed by atoms with van der Waals surface area (Å²) < 4.78 is 6.42. The third-order valence-corrected chi connectivity index (χ3v) is 4.64. The van der Waals surface area contributed by atoms with Crippen molar-refractivity contribution in [2.75, 3.05) is 0 Å². The summed E-state index contributed by atoms with van der Waals surface area (Å²) in [6.45, 7) is 1.73. The van der Waals surface area contributed by atoms with E-state index in [0.29, 0.717) is 11.7 Å². The zero-order valence-corrected chi connectivity index (χ0v) is 14.9. The van der Waals surface area contributed by atoms with Crippen LogP contribution in [0.1, 0.15) is 36.5 Å². The Kier molecular flexibility index (Phi) is 4.53. The summed E-state index contributed by atoms with van der Waals surface area (Å²) in [5.41, 5.74) is 2.46. The third kappa shape index (κ3) is 3.51. The minimum Gasteiger partial charge on any atom is -0.345 e. The lowest BCUT2D eigenvalue weighted by atomic mass is 10.2. The van der Waals surface area contributed by atoms with Crippen molar-refractivity contribution >= 4 is 5.91 Å². The van der Waals surface area contributed by atoms with E-state index in [-0.39, 0.29) is 18.0 Å². The lowest BCUT2D eigenvalue weighted by molar-refractivity contribution is -0.124. The average molecular weight is 365 g/mol. The maximum absolute atomic E-state index is 12.4. The second-order valence-corrected chi connectivity index (χ2v) is 6.52. The van der Waals surface area contributed by atoms with Gasteiger partial charge < -0.3 is 9.84 Å². The van der Waals surface area contributed by atoms with Crippen LogP contribution >= 0.6 is 0 Å². The van der Waals surface area contributed by atoms with E-state index in [1.807, 2.05) is 30.3 Å². The minimum absolute atomic E-state index is 0.0860. The van der Waals surface area contributed by atoms with Gasteiger partial charge in [-0.3, -0.25) is 9.59 Å². The Labute approximate surface area is 155 Å². The molecule has 0 fully saturated rings. The summed E-state index contributed by atoms with van der Waals surface area (Å²) in [4.78, 5) is 29.0. The van der Waals surface area contributed by atoms with Crippen LogP contribution in [0, 0.1) is 0 Å². The van der Waals surface area contributed by atoms with Crippen molar-refractivity contribution < 1.29 is 9.32 Å². The molecule has 27 heavy (non-hydrogen) atoms. The number of rotatable bonds is 5. The Morgan fingerprint density at radius 2 is 2.11 bits per heavy atom. The SMILES string of the molecule is CC(C(=O)NCc1nc(-c2ccccc2)no1)n1nc2c(cc1=O)CCC2. The Morgan fingerprint density at radius 1 is 1.30 bits per heavy atom. The van der Waals surface area contributed by atoms with Crippen LogP contribution in [0.15, 0.2) is 45.7 Å². The molecule has 0 saturated carbocycles. The van der Waals surface area contributed by atoms with Gasteiger partial charge in [-0.15, -0.1) is 0 Å². The number of carbonyl (C=O) groups is 1. The van der Waals surface area contributed by atoms with Gasteiger partial charge in [0.05, 0.1) is 12.2 Å². The van der Waals surface area contributed by atoms with Gasteiger partial charge in [0.25, 0.3) is 5.56 Å². The van der Waals surface area contributed by atoms with Crippen LogP contribution in [-0.2, 0) is 24.2 Å². The molecule has 1 aliphatic rings. The van der Waals surface area contributed by atoms with E-state index in [9.17, 15) is 9.59 Å². The van der Waals surface area contributed by atoms with Gasteiger partial charge in [-0.2, -0.15) is 10.1 Å². The number of benzene rings is 1. The number of aryl methyl sites for hydroxylation is 2. The molecule has 0 radical (unpaired) electrons. The van der Waals surface area contributed by atoms with Gasteiger partial charge in [-0.05, 0) is 31.7 Å². The number of hydrogen-bond donors (Lipinski definition) is 1. The molecule has 2 heterocycles. The van der Waals surface area contributed by atoms with Crippen LogP contribution in [0.5, 0.6) is 0 Å². The van der Waals surface area contributed by atoms with Crippen molar-refractivity contribution in [2.45, 2.75) is 38.8 Å². The van der Waals surface area contributed by atoms with Crippen molar-refractivity contribution in [1.82, 2.24) is 25.2 Å². The first-order valence-electron chi connectivity index (χ1n) is 8.89. The number of nitrogens with zero attached hydrogens (tertiary/aromatic N) is 4. The summed E-state index contributed by atoms with van der Waals surface area (Å²) in [6.07, 6.45) is 2.71. The smallest absolute Gasteiger partial charge is 0.267 e. The lowest BCUT2D eigenvalue weighted by Gasteiger charge is -2.14. The van der Waals surface area contributed by atoms with Crippen LogP contribution in [0.3, 0.4) is 0 Å². The molecule has 1 aliphatic carbocycles. The van der Waals surface area contributed by atoms with Crippen LogP contribution < -0.4 is 10.9 Å². The molecule has 0 spiro atoms. The predicted octanol–water partition coefficient (Wildman–Crippen LogP) is 1.66. The van der Waals surface area contributed by atoms with E-state index in [2.05, 4.69) is 20.6 Å². The number of carbonyl (C=O) groups excluding carboxylic acids is 1. The van der Waals surface area contributed by atoms with E-state index in [1.54, 1.807) is 13.0 Å². The van der Waals surface area contributed by atoms with E-state index in [4.69, 9.17) is 4.52 Å². The number of hydrogen-bond acceptors (Lipinski definition) is 6. The number of nitrogens with one attached hydrogen (secondary N) is 1. The molecule has 0 aliphatic heterocycles. The van der Waals surface area contributed by atoms with Crippen LogP contribution in [0.25, 0.3) is 11.4 Å². The average Bonchev–Trinajstić information content (AvgIpc) is 3.34. The van der Waals surface area contributed by atoms with Crippen LogP contribution in [0.2, 0.25) is 0 Å². The molecule has 8 heteroatoms. The first-order chi connectivity index (χ1) is 13.1. The van der Waals surface area contributed by atoms with E-state index < -0.39 is 6.04 Å². The first kappa shape index (κ1) is 17.1. The standard InChI is InChI=1S/C19H19N5O3/c1-12(24-17(25)10-14-8-5-9-15(14)22-24)19(26)20-11-16-21-18(23-27-16)13-6-3-2-4-7-13/h2-4,6-7,10,12H,5,8-9,11H2,1H3,(H,20,26). The molecular formula is C19H19N5O3. The largest absolute Gasteiger partial charge is 0.345 e. The van der Waals surface area contributed by atoms with Crippen molar-refractivity contribution in [2.24, 2.45) is 0 Å². The molecule has 3 aromatic rings. The van der Waals surface area contributed by atoms with Crippen LogP contribution in [0.4, 0.5) is 0 Å². The number of amides is 1. The molecular weight excluding hydrogens is 346 g/mol. The lowest BCUT2D eigenvalue weighted by Crippen LogP contribution is -2.37. The number of aromatic nitrogens is 4. The molecule has 138 valence electrons. The van der Waals surface area contributed by atoms with Gasteiger partial charge in [0, 0.05) is 11.6 Å². The molecule has 0 bridgehead atoms. The Balaban J connectivity index is 1.43. The van der Waals surface area contributed by atoms with Crippen molar-refractivity contribution in [1.29, 1.82) is 0 Å². The summed E-state index contributed by atoms with van der Waals surface area (Å²) in [5, 5.41) is 11.0. The highest BCUT2D eigenvalue weighted by molar-refractivity contribution is 5.79. The maximum atomic E-state index is 12.4. The van der Waals surface area contributed by atoms with Gasteiger partial charge in [0.15, 0.2) is 0 Å². The summed E-state index contributed by atoms with van der Waals surface area (Å²) >= 11 is 0. The van der Waals surface area contributed by atoms with Gasteiger partial charge in [-0.25, -0.2) is 4.68 Å². The predicted molar refractivity (Wildman–Crippen MR) is 96.8 cm³/mol. The van der Waals surface area contributed by atoms with Crippen molar-refractivity contribution in [3.8, 4) is 11.4 Å². The molecule has 4 rings (SSSR count). The molecule has 0 saturated heterocycles. The van der Waals surface area contributed by atoms with Gasteiger partial charge in [-0.1, -0.05) is 35.5 Å². The molecule has 1 atom stereocenters. The topological polar surface area (TPSA) is 103 Å². The Morgan fingerprint density at radius 3 is 2.93 bits per heavy atom. The highest BCUT2D eigenvalue weighted by atomic mass is 16.5. The molecule has 8 nitrogen and oxygen atoms in total. The molecule has 1 unspecified atom stereocenters. The van der Waals surface area contributed by atoms with Gasteiger partial charge in [0.2, 0.25) is 17.6 Å². The van der Waals surface area contributed by atoms with Gasteiger partial charge in [0.1, 0.15) is 6.04 Å². The molecule has 2 aromatic heterocycles. The molecule has 1 aromatic carbocycles. The van der Waals surface area contributed by atoms with Crippen LogP contribution in [-0.4, -0.2) is 25.8 Å². The van der Waals surface area contributed by atoms with Crippen molar-refractivity contribution in [3.05, 3.63) is 63.9 Å². The van der Waals surface area contributed by atoms with Gasteiger partial charge >= 0.3 is 0 Å². The summed E-state index contributed by atoms with van der Waals surface area (Å²) in [7, 11) is 0. The zero-order chi connectivity index (χ0) is 18.8. The van der Waals surface area contributed by atoms with E-state index in [0.717, 1.165) is 36.1 Å². The monoisotopic (exact) mass is 365 g/mol. The fraction of sp³-hybridized carbons (Fsp3) is 0.316. The fourth-order valence-electron chi connectivity index (χ4n) is 3.15. The van der Waals surface area contributed by atoms with E-state index in [1.165, 1.54) is 4.68 Å². The normalized spacial score (nSPS) is 14.0. The fourth-order valence-corrected chi connectivity index (χ4v) is 3.15. The zero-order valence-electron chi connectivity index (χ0n) is 14.9. The Bertz CT molecular complexity index is 1030. The second-order valence-electron chi connectivity index (χ2n) is 6.52. The maximum Gasteiger partial charge on any atom is 0.267 e. The summed E-state index contributed by atoms with van der Waals surface area (Å²) in [6, 6.07) is 10.3. The number of fused-ring (bicyclic) bond motifs is 1. The quantitative estimate of drug-likeness (QED) is 0.738. The molecule has 1 amide bonds.